The van der Waals surface area contributed by atoms with E-state index in [1.54, 1.807) is 16.8 Å². The molecule has 5 rings (SSSR count). The van der Waals surface area contributed by atoms with E-state index in [-0.39, 0.29) is 23.6 Å². The normalized spacial score (nSPS) is 17.7. The van der Waals surface area contributed by atoms with Gasteiger partial charge in [0.1, 0.15) is 15.6 Å². The summed E-state index contributed by atoms with van der Waals surface area (Å²) in [7, 11) is 0. The third kappa shape index (κ3) is 5.63. The van der Waals surface area contributed by atoms with Crippen molar-refractivity contribution in [3.8, 4) is 22.0 Å². The monoisotopic (exact) mass is 601 g/mol. The molecule has 2 unspecified atom stereocenters. The zero-order valence-electron chi connectivity index (χ0n) is 21.1. The number of piperidine rings is 1. The van der Waals surface area contributed by atoms with Crippen LogP contribution in [-0.2, 0) is 0 Å². The van der Waals surface area contributed by atoms with Gasteiger partial charge in [0, 0.05) is 28.5 Å². The predicted molar refractivity (Wildman–Crippen MR) is 145 cm³/mol. The van der Waals surface area contributed by atoms with Crippen LogP contribution in [0.5, 0.6) is 5.75 Å². The molecule has 0 aliphatic carbocycles. The number of thiazole rings is 1. The molecule has 2 atom stereocenters. The number of likely N-dealkylation sites (tertiary alicyclic amines) is 1. The lowest BCUT2D eigenvalue weighted by atomic mass is 9.89. The maximum absolute atomic E-state index is 13.5. The molecule has 7 nitrogen and oxygen atoms in total. The predicted octanol–water partition coefficient (Wildman–Crippen LogP) is 6.78. The molecule has 1 aliphatic rings. The summed E-state index contributed by atoms with van der Waals surface area (Å²) in [4.78, 5) is 20.6. The summed E-state index contributed by atoms with van der Waals surface area (Å²) in [6.07, 6.45) is 3.56. The fourth-order valence-corrected chi connectivity index (χ4v) is 6.43. The molecular formula is C27H26BrF2N5O2S. The summed E-state index contributed by atoms with van der Waals surface area (Å²) in [5.41, 5.74) is 4.41. The van der Waals surface area contributed by atoms with E-state index >= 15 is 0 Å². The molecule has 0 bridgehead atoms. The minimum absolute atomic E-state index is 0.0234. The zero-order chi connectivity index (χ0) is 27.0. The Kier molecular flexibility index (Phi) is 7.58. The van der Waals surface area contributed by atoms with E-state index in [1.807, 2.05) is 37.1 Å². The number of alkyl halides is 2. The Morgan fingerprint density at radius 3 is 2.63 bits per heavy atom. The van der Waals surface area contributed by atoms with Crippen molar-refractivity contribution in [3.63, 3.8) is 0 Å². The number of hydrogen-bond donors (Lipinski definition) is 0. The second kappa shape index (κ2) is 10.9. The van der Waals surface area contributed by atoms with Gasteiger partial charge in [0.2, 0.25) is 0 Å². The molecule has 2 aromatic heterocycles. The molecular weight excluding hydrogens is 576 g/mol. The standard InChI is InChI=1S/C27H26BrF2N5O2S/c1-15-10-20(28)13-21(11-15)35-14-23(32-33-35)19-8-9-34(16(2)12-19)26(36)24-17(3)31-25(38-24)18-4-6-22(7-5-18)37-27(29)30/h4-7,10-11,13-14,16,19,27H,8-9,12H2,1-3H3. The maximum atomic E-state index is 13.5. The minimum Gasteiger partial charge on any atom is -0.435 e. The number of aryl methyl sites for hydroxylation is 2. The molecule has 1 amide bonds. The topological polar surface area (TPSA) is 73.1 Å². The minimum atomic E-state index is -2.87. The molecule has 38 heavy (non-hydrogen) atoms. The highest BCUT2D eigenvalue weighted by molar-refractivity contribution is 9.10. The molecule has 0 spiro atoms. The summed E-state index contributed by atoms with van der Waals surface area (Å²) in [6.45, 7) is 3.66. The molecule has 1 saturated heterocycles. The number of carbonyl (C=O) groups excluding carboxylic acids is 1. The number of hydrogen-bond acceptors (Lipinski definition) is 6. The van der Waals surface area contributed by atoms with Crippen LogP contribution in [0.15, 0.2) is 53.1 Å². The lowest BCUT2D eigenvalue weighted by Gasteiger charge is -2.36. The second-order valence-electron chi connectivity index (χ2n) is 9.48. The van der Waals surface area contributed by atoms with Crippen LogP contribution < -0.4 is 4.74 Å². The van der Waals surface area contributed by atoms with E-state index in [0.29, 0.717) is 22.1 Å². The highest BCUT2D eigenvalue weighted by Gasteiger charge is 2.33. The average molecular weight is 603 g/mol. The lowest BCUT2D eigenvalue weighted by Crippen LogP contribution is -2.44. The van der Waals surface area contributed by atoms with Gasteiger partial charge in [0.15, 0.2) is 0 Å². The SMILES string of the molecule is Cc1cc(Br)cc(-n2cc(C3CCN(C(=O)c4sc(-c5ccc(OC(F)F)cc5)nc4C)C(C)C3)nn2)c1. The largest absolute Gasteiger partial charge is 0.435 e. The van der Waals surface area contributed by atoms with E-state index in [4.69, 9.17) is 0 Å². The number of benzene rings is 2. The van der Waals surface area contributed by atoms with Crippen molar-refractivity contribution in [3.05, 3.63) is 75.0 Å². The fourth-order valence-electron chi connectivity index (χ4n) is 4.81. The van der Waals surface area contributed by atoms with Crippen LogP contribution in [-0.4, -0.2) is 50.0 Å². The molecule has 0 saturated carbocycles. The van der Waals surface area contributed by atoms with E-state index in [2.05, 4.69) is 49.0 Å². The van der Waals surface area contributed by atoms with Crippen molar-refractivity contribution in [2.75, 3.05) is 6.54 Å². The summed E-state index contributed by atoms with van der Waals surface area (Å²) in [6, 6.07) is 12.4. The highest BCUT2D eigenvalue weighted by atomic mass is 79.9. The van der Waals surface area contributed by atoms with Gasteiger partial charge in [0.25, 0.3) is 5.91 Å². The van der Waals surface area contributed by atoms with Crippen LogP contribution in [0.1, 0.15) is 52.3 Å². The second-order valence-corrected chi connectivity index (χ2v) is 11.4. The van der Waals surface area contributed by atoms with Gasteiger partial charge >= 0.3 is 6.61 Å². The van der Waals surface area contributed by atoms with Crippen molar-refractivity contribution in [1.29, 1.82) is 0 Å². The molecule has 1 aliphatic heterocycles. The number of amides is 1. The molecule has 1 fully saturated rings. The van der Waals surface area contributed by atoms with Gasteiger partial charge in [-0.3, -0.25) is 4.79 Å². The van der Waals surface area contributed by atoms with Crippen molar-refractivity contribution < 1.29 is 18.3 Å². The van der Waals surface area contributed by atoms with E-state index in [9.17, 15) is 13.6 Å². The van der Waals surface area contributed by atoms with Gasteiger partial charge < -0.3 is 9.64 Å². The Morgan fingerprint density at radius 2 is 1.95 bits per heavy atom. The summed E-state index contributed by atoms with van der Waals surface area (Å²) in [5, 5.41) is 9.46. The van der Waals surface area contributed by atoms with Gasteiger partial charge in [0.05, 0.1) is 23.3 Å². The number of ether oxygens (including phenoxy) is 1. The maximum Gasteiger partial charge on any atom is 0.387 e. The van der Waals surface area contributed by atoms with Gasteiger partial charge in [-0.1, -0.05) is 21.1 Å². The first-order valence-electron chi connectivity index (χ1n) is 12.2. The Hall–Kier alpha value is -3.18. The van der Waals surface area contributed by atoms with Crippen LogP contribution in [0.4, 0.5) is 8.78 Å². The van der Waals surface area contributed by atoms with Crippen molar-refractivity contribution in [2.24, 2.45) is 0 Å². The van der Waals surface area contributed by atoms with Crippen molar-refractivity contribution >= 4 is 33.2 Å². The number of carbonyl (C=O) groups is 1. The molecule has 0 radical (unpaired) electrons. The van der Waals surface area contributed by atoms with Gasteiger partial charge in [-0.05, 0) is 81.6 Å². The average Bonchev–Trinajstić information content (AvgIpc) is 3.51. The quantitative estimate of drug-likeness (QED) is 0.243. The summed E-state index contributed by atoms with van der Waals surface area (Å²) >= 11 is 4.85. The van der Waals surface area contributed by atoms with Crippen LogP contribution in [0.2, 0.25) is 0 Å². The van der Waals surface area contributed by atoms with Crippen molar-refractivity contribution in [2.45, 2.75) is 52.2 Å². The highest BCUT2D eigenvalue weighted by Crippen LogP contribution is 2.35. The third-order valence-corrected chi connectivity index (χ3v) is 8.33. The smallest absolute Gasteiger partial charge is 0.387 e. The molecule has 4 aromatic rings. The van der Waals surface area contributed by atoms with Crippen LogP contribution >= 0.6 is 27.3 Å². The number of aromatic nitrogens is 4. The first-order valence-corrected chi connectivity index (χ1v) is 13.8. The number of rotatable bonds is 6. The molecule has 2 aromatic carbocycles. The van der Waals surface area contributed by atoms with E-state index in [1.165, 1.54) is 23.5 Å². The lowest BCUT2D eigenvalue weighted by molar-refractivity contribution is -0.0498. The van der Waals surface area contributed by atoms with Crippen LogP contribution in [0, 0.1) is 13.8 Å². The Morgan fingerprint density at radius 1 is 1.18 bits per heavy atom. The number of nitrogens with zero attached hydrogens (tertiary/aromatic N) is 5. The van der Waals surface area contributed by atoms with Crippen LogP contribution in [0.3, 0.4) is 0 Å². The van der Waals surface area contributed by atoms with Crippen LogP contribution in [0.25, 0.3) is 16.3 Å². The van der Waals surface area contributed by atoms with Gasteiger partial charge in [-0.15, -0.1) is 16.4 Å². The molecule has 0 N–H and O–H groups in total. The zero-order valence-corrected chi connectivity index (χ0v) is 23.5. The number of halogens is 3. The fraction of sp³-hybridized carbons (Fsp3) is 0.333. The molecule has 198 valence electrons. The van der Waals surface area contributed by atoms with E-state index < -0.39 is 6.61 Å². The summed E-state index contributed by atoms with van der Waals surface area (Å²) < 4.78 is 32.1. The van der Waals surface area contributed by atoms with Crippen molar-refractivity contribution in [1.82, 2.24) is 24.9 Å². The summed E-state index contributed by atoms with van der Waals surface area (Å²) in [5.74, 6) is 0.253. The first-order chi connectivity index (χ1) is 18.2. The third-order valence-electron chi connectivity index (χ3n) is 6.68. The first kappa shape index (κ1) is 26.4. The van der Waals surface area contributed by atoms with E-state index in [0.717, 1.165) is 39.8 Å². The van der Waals surface area contributed by atoms with Gasteiger partial charge in [-0.2, -0.15) is 8.78 Å². The molecule has 3 heterocycles. The Balaban J connectivity index is 1.27. The Bertz CT molecular complexity index is 1440. The molecule has 11 heteroatoms. The van der Waals surface area contributed by atoms with Gasteiger partial charge in [-0.25, -0.2) is 9.67 Å². The Labute approximate surface area is 231 Å².